The first-order valence-corrected chi connectivity index (χ1v) is 7.04. The van der Waals surface area contributed by atoms with Crippen LogP contribution in [0.25, 0.3) is 0 Å². The van der Waals surface area contributed by atoms with E-state index in [0.717, 1.165) is 10.7 Å². The Morgan fingerprint density at radius 2 is 2.25 bits per heavy atom. The summed E-state index contributed by atoms with van der Waals surface area (Å²) >= 11 is 7.66. The lowest BCUT2D eigenvalue weighted by molar-refractivity contribution is 0.305. The lowest BCUT2D eigenvalue weighted by Crippen LogP contribution is -2.13. The minimum atomic E-state index is -0.0345. The Balaban J connectivity index is 2.09. The third-order valence-electron chi connectivity index (χ3n) is 2.76. The van der Waals surface area contributed by atoms with Crippen molar-refractivity contribution in [1.82, 2.24) is 4.98 Å². The molecule has 20 heavy (non-hydrogen) atoms. The van der Waals surface area contributed by atoms with Gasteiger partial charge in [-0.3, -0.25) is 0 Å². The van der Waals surface area contributed by atoms with Gasteiger partial charge in [-0.05, 0) is 32.0 Å². The van der Waals surface area contributed by atoms with E-state index in [1.165, 1.54) is 4.88 Å². The van der Waals surface area contributed by atoms with Crippen LogP contribution in [0.2, 0.25) is 5.02 Å². The average Bonchev–Trinajstić information content (AvgIpc) is 2.75. The highest BCUT2D eigenvalue weighted by Gasteiger charge is 2.08. The SMILES string of the molecule is Cc1nc(COc2ccc(/C(N)=N/O)c(Cl)c2)sc1C. The van der Waals surface area contributed by atoms with E-state index in [0.29, 0.717) is 22.9 Å². The largest absolute Gasteiger partial charge is 0.486 e. The minimum Gasteiger partial charge on any atom is -0.486 e. The van der Waals surface area contributed by atoms with Gasteiger partial charge in [0.2, 0.25) is 0 Å². The topological polar surface area (TPSA) is 80.7 Å². The Morgan fingerprint density at radius 3 is 2.80 bits per heavy atom. The van der Waals surface area contributed by atoms with E-state index in [-0.39, 0.29) is 5.84 Å². The van der Waals surface area contributed by atoms with Gasteiger partial charge in [0.1, 0.15) is 17.4 Å². The van der Waals surface area contributed by atoms with Gasteiger partial charge >= 0.3 is 0 Å². The molecule has 0 atom stereocenters. The second-order valence-corrected chi connectivity index (χ2v) is 5.86. The van der Waals surface area contributed by atoms with Crippen molar-refractivity contribution in [2.75, 3.05) is 0 Å². The molecule has 1 aromatic heterocycles. The van der Waals surface area contributed by atoms with Gasteiger partial charge in [0, 0.05) is 10.4 Å². The number of aryl methyl sites for hydroxylation is 2. The van der Waals surface area contributed by atoms with Crippen molar-refractivity contribution in [3.05, 3.63) is 44.4 Å². The van der Waals surface area contributed by atoms with Gasteiger partial charge in [0.25, 0.3) is 0 Å². The number of amidine groups is 1. The van der Waals surface area contributed by atoms with Gasteiger partial charge in [-0.1, -0.05) is 16.8 Å². The average molecular weight is 312 g/mol. The fraction of sp³-hybridized carbons (Fsp3) is 0.231. The quantitative estimate of drug-likeness (QED) is 0.393. The lowest BCUT2D eigenvalue weighted by Gasteiger charge is -2.07. The molecular formula is C13H14ClN3O2S. The number of halogens is 1. The molecule has 1 aromatic carbocycles. The minimum absolute atomic E-state index is 0.0345. The van der Waals surface area contributed by atoms with Gasteiger partial charge < -0.3 is 15.7 Å². The number of rotatable bonds is 4. The summed E-state index contributed by atoms with van der Waals surface area (Å²) in [5, 5.41) is 12.8. The van der Waals surface area contributed by atoms with E-state index in [1.54, 1.807) is 29.5 Å². The van der Waals surface area contributed by atoms with Gasteiger partial charge in [-0.2, -0.15) is 0 Å². The molecule has 2 rings (SSSR count). The number of oxime groups is 1. The zero-order valence-electron chi connectivity index (χ0n) is 11.1. The molecule has 5 nitrogen and oxygen atoms in total. The molecule has 0 aliphatic heterocycles. The van der Waals surface area contributed by atoms with Crippen LogP contribution in [-0.2, 0) is 6.61 Å². The summed E-state index contributed by atoms with van der Waals surface area (Å²) < 4.78 is 5.63. The van der Waals surface area contributed by atoms with E-state index >= 15 is 0 Å². The standard InChI is InChI=1S/C13H14ClN3O2S/c1-7-8(2)20-12(16-7)6-19-9-3-4-10(11(14)5-9)13(15)17-18/h3-5,18H,6H2,1-2H3,(H2,15,17). The summed E-state index contributed by atoms with van der Waals surface area (Å²) in [6.07, 6.45) is 0. The Hall–Kier alpha value is -1.79. The maximum atomic E-state index is 8.63. The first kappa shape index (κ1) is 14.6. The second-order valence-electron chi connectivity index (χ2n) is 4.16. The first-order chi connectivity index (χ1) is 9.51. The van der Waals surface area contributed by atoms with Crippen molar-refractivity contribution in [2.45, 2.75) is 20.5 Å². The van der Waals surface area contributed by atoms with E-state index < -0.39 is 0 Å². The van der Waals surface area contributed by atoms with Crippen molar-refractivity contribution >= 4 is 28.8 Å². The molecule has 0 amide bonds. The number of nitrogens with two attached hydrogens (primary N) is 1. The molecule has 2 aromatic rings. The highest BCUT2D eigenvalue weighted by atomic mass is 35.5. The Kier molecular flexibility index (Phi) is 4.46. The smallest absolute Gasteiger partial charge is 0.171 e. The van der Waals surface area contributed by atoms with E-state index in [2.05, 4.69) is 10.1 Å². The van der Waals surface area contributed by atoms with Crippen LogP contribution in [0, 0.1) is 13.8 Å². The van der Waals surface area contributed by atoms with Crippen molar-refractivity contribution in [2.24, 2.45) is 10.9 Å². The molecule has 7 heteroatoms. The van der Waals surface area contributed by atoms with Crippen LogP contribution < -0.4 is 10.5 Å². The zero-order chi connectivity index (χ0) is 14.7. The normalized spacial score (nSPS) is 11.7. The highest BCUT2D eigenvalue weighted by Crippen LogP contribution is 2.24. The molecule has 0 bridgehead atoms. The van der Waals surface area contributed by atoms with E-state index in [9.17, 15) is 0 Å². The monoisotopic (exact) mass is 311 g/mol. The summed E-state index contributed by atoms with van der Waals surface area (Å²) in [6.45, 7) is 4.38. The zero-order valence-corrected chi connectivity index (χ0v) is 12.6. The molecule has 3 N–H and O–H groups in total. The predicted octanol–water partition coefficient (Wildman–Crippen LogP) is 3.09. The summed E-state index contributed by atoms with van der Waals surface area (Å²) in [4.78, 5) is 5.58. The molecule has 0 spiro atoms. The highest BCUT2D eigenvalue weighted by molar-refractivity contribution is 7.11. The maximum Gasteiger partial charge on any atom is 0.171 e. The van der Waals surface area contributed by atoms with Gasteiger partial charge in [0.05, 0.1) is 10.7 Å². The van der Waals surface area contributed by atoms with Crippen molar-refractivity contribution in [1.29, 1.82) is 0 Å². The molecule has 1 heterocycles. The third kappa shape index (κ3) is 3.20. The first-order valence-electron chi connectivity index (χ1n) is 5.84. The van der Waals surface area contributed by atoms with Crippen LogP contribution in [0.4, 0.5) is 0 Å². The fourth-order valence-electron chi connectivity index (χ4n) is 1.59. The molecule has 106 valence electrons. The lowest BCUT2D eigenvalue weighted by atomic mass is 10.2. The van der Waals surface area contributed by atoms with Crippen molar-refractivity contribution < 1.29 is 9.94 Å². The molecule has 0 aliphatic rings. The van der Waals surface area contributed by atoms with Crippen LogP contribution >= 0.6 is 22.9 Å². The molecular weight excluding hydrogens is 298 g/mol. The van der Waals surface area contributed by atoms with Crippen LogP contribution in [-0.4, -0.2) is 16.0 Å². The fourth-order valence-corrected chi connectivity index (χ4v) is 2.71. The number of benzene rings is 1. The number of hydrogen-bond acceptors (Lipinski definition) is 5. The Bertz CT molecular complexity index is 636. The summed E-state index contributed by atoms with van der Waals surface area (Å²) in [7, 11) is 0. The van der Waals surface area contributed by atoms with E-state index in [1.807, 2.05) is 13.8 Å². The van der Waals surface area contributed by atoms with E-state index in [4.69, 9.17) is 27.3 Å². The van der Waals surface area contributed by atoms with Crippen LogP contribution in [0.3, 0.4) is 0 Å². The molecule has 0 saturated heterocycles. The van der Waals surface area contributed by atoms with Gasteiger partial charge in [-0.15, -0.1) is 11.3 Å². The Morgan fingerprint density at radius 1 is 1.50 bits per heavy atom. The van der Waals surface area contributed by atoms with Crippen LogP contribution in [0.5, 0.6) is 5.75 Å². The predicted molar refractivity (Wildman–Crippen MR) is 79.9 cm³/mol. The molecule has 0 aliphatic carbocycles. The second kappa shape index (κ2) is 6.11. The van der Waals surface area contributed by atoms with Crippen molar-refractivity contribution in [3.8, 4) is 5.75 Å². The van der Waals surface area contributed by atoms with Gasteiger partial charge in [0.15, 0.2) is 5.84 Å². The van der Waals surface area contributed by atoms with Crippen molar-refractivity contribution in [3.63, 3.8) is 0 Å². The van der Waals surface area contributed by atoms with Gasteiger partial charge in [-0.25, -0.2) is 4.98 Å². The van der Waals surface area contributed by atoms with Crippen LogP contribution in [0.1, 0.15) is 21.1 Å². The van der Waals surface area contributed by atoms with Crippen LogP contribution in [0.15, 0.2) is 23.4 Å². The summed E-state index contributed by atoms with van der Waals surface area (Å²) in [5.41, 5.74) is 6.98. The number of thiazole rings is 1. The molecule has 0 saturated carbocycles. The molecule has 0 unspecified atom stereocenters. The maximum absolute atomic E-state index is 8.63. The number of nitrogens with zero attached hydrogens (tertiary/aromatic N) is 2. The summed E-state index contributed by atoms with van der Waals surface area (Å²) in [6, 6.07) is 4.99. The number of hydrogen-bond donors (Lipinski definition) is 2. The Labute approximate surface area is 125 Å². The number of aromatic nitrogens is 1. The number of ether oxygens (including phenoxy) is 1. The summed E-state index contributed by atoms with van der Waals surface area (Å²) in [5.74, 6) is 0.572. The third-order valence-corrected chi connectivity index (χ3v) is 4.12. The molecule has 0 fully saturated rings. The molecule has 0 radical (unpaired) electrons.